The van der Waals surface area contributed by atoms with Crippen molar-refractivity contribution in [2.24, 2.45) is 0 Å². The highest BCUT2D eigenvalue weighted by atomic mass is 32.2. The minimum absolute atomic E-state index is 0.0134. The summed E-state index contributed by atoms with van der Waals surface area (Å²) in [7, 11) is -2.86. The minimum atomic E-state index is -4.37. The summed E-state index contributed by atoms with van der Waals surface area (Å²) in [5.74, 6) is -0.205. The molecule has 0 spiro atoms. The molecule has 1 heterocycles. The number of fused-ring (bicyclic) bond motifs is 3. The second-order valence-electron chi connectivity index (χ2n) is 8.29. The molecule has 0 aliphatic heterocycles. The number of carbonyl (C=O) groups is 1. The second-order valence-corrected chi connectivity index (χ2v) is 11.0. The van der Waals surface area contributed by atoms with Gasteiger partial charge in [-0.1, -0.05) is 53.3 Å². The summed E-state index contributed by atoms with van der Waals surface area (Å²) in [4.78, 5) is 25.5. The van der Waals surface area contributed by atoms with Crippen LogP contribution in [0.3, 0.4) is 0 Å². The molecule has 0 atom stereocenters. The van der Waals surface area contributed by atoms with E-state index in [1.165, 1.54) is 31.4 Å². The lowest BCUT2D eigenvalue weighted by Gasteiger charge is -2.25. The molecule has 1 amide bonds. The number of nitrogens with zero attached hydrogens (tertiary/aromatic N) is 1. The number of anilines is 1. The van der Waals surface area contributed by atoms with Gasteiger partial charge in [0.25, 0.3) is 15.9 Å². The third kappa shape index (κ3) is 3.96. The number of carbonyl (C=O) groups excluding carboxylic acids is 1. The van der Waals surface area contributed by atoms with E-state index in [0.29, 0.717) is 32.4 Å². The predicted octanol–water partition coefficient (Wildman–Crippen LogP) is 5.67. The summed E-state index contributed by atoms with van der Waals surface area (Å²) in [5, 5.41) is 0.994. The highest BCUT2D eigenvalue weighted by Gasteiger charge is 2.35. The van der Waals surface area contributed by atoms with Crippen molar-refractivity contribution in [2.45, 2.75) is 18.7 Å². The summed E-state index contributed by atoms with van der Waals surface area (Å²) in [6, 6.07) is 19.6. The van der Waals surface area contributed by atoms with E-state index in [1.54, 1.807) is 55.5 Å². The third-order valence-electron chi connectivity index (χ3n) is 5.91. The van der Waals surface area contributed by atoms with Crippen molar-refractivity contribution in [3.63, 3.8) is 0 Å². The van der Waals surface area contributed by atoms with Crippen LogP contribution in [-0.4, -0.2) is 21.4 Å². The molecule has 0 aliphatic carbocycles. The molecule has 0 fully saturated rings. The molecule has 36 heavy (non-hydrogen) atoms. The zero-order chi connectivity index (χ0) is 25.6. The number of ether oxygens (including phenoxy) is 1. The number of rotatable bonds is 5. The Morgan fingerprint density at radius 2 is 1.64 bits per heavy atom. The Morgan fingerprint density at radius 1 is 0.944 bits per heavy atom. The average molecular weight is 520 g/mol. The van der Waals surface area contributed by atoms with Crippen LogP contribution in [0.15, 0.2) is 86.9 Å². The number of methoxy groups -OCH3 is 1. The first kappa shape index (κ1) is 23.8. The van der Waals surface area contributed by atoms with Crippen molar-refractivity contribution in [3.05, 3.63) is 99.2 Å². The molecule has 9 heteroatoms. The Morgan fingerprint density at radius 3 is 2.31 bits per heavy atom. The minimum Gasteiger partial charge on any atom is -0.497 e. The van der Waals surface area contributed by atoms with Crippen molar-refractivity contribution in [1.29, 1.82) is 0 Å². The molecular weight excluding hydrogens is 498 g/mol. The van der Waals surface area contributed by atoms with E-state index in [2.05, 4.69) is 0 Å². The zero-order valence-corrected chi connectivity index (χ0v) is 21.3. The van der Waals surface area contributed by atoms with Crippen molar-refractivity contribution in [1.82, 2.24) is 0 Å². The molecule has 0 aliphatic rings. The SMILES string of the molecule is COc1ccc(C(=O)N(c2cc3sc(=O)oc3c3ccccc23)S(=O)(=O)c2ccc(C)cc2C)cc1. The summed E-state index contributed by atoms with van der Waals surface area (Å²) < 4.78 is 40.2. The van der Waals surface area contributed by atoms with Gasteiger partial charge >= 0.3 is 4.94 Å². The van der Waals surface area contributed by atoms with E-state index in [0.717, 1.165) is 21.2 Å². The Labute approximate surface area is 211 Å². The Bertz CT molecular complexity index is 1800. The van der Waals surface area contributed by atoms with E-state index >= 15 is 0 Å². The first-order valence-electron chi connectivity index (χ1n) is 11.0. The van der Waals surface area contributed by atoms with Crippen LogP contribution >= 0.6 is 11.3 Å². The molecule has 0 saturated carbocycles. The van der Waals surface area contributed by atoms with Crippen molar-refractivity contribution in [2.75, 3.05) is 11.4 Å². The van der Waals surface area contributed by atoms with Gasteiger partial charge < -0.3 is 9.15 Å². The maximum Gasteiger partial charge on any atom is 0.396 e. The smallest absolute Gasteiger partial charge is 0.396 e. The lowest BCUT2D eigenvalue weighted by Crippen LogP contribution is -2.37. The summed E-state index contributed by atoms with van der Waals surface area (Å²) in [5.41, 5.74) is 2.06. The molecule has 5 aromatic rings. The van der Waals surface area contributed by atoms with E-state index in [1.807, 2.05) is 6.92 Å². The Balaban J connectivity index is 1.83. The monoisotopic (exact) mass is 519 g/mol. The highest BCUT2D eigenvalue weighted by molar-refractivity contribution is 7.93. The maximum absolute atomic E-state index is 14.2. The summed E-state index contributed by atoms with van der Waals surface area (Å²) in [6.45, 7) is 3.56. The molecular formula is C27H21NO6S2. The Kier molecular flexibility index (Phi) is 5.89. The molecule has 0 unspecified atom stereocenters. The average Bonchev–Trinajstić information content (AvgIpc) is 3.24. The number of amides is 1. The fraction of sp³-hybridized carbons (Fsp3) is 0.111. The fourth-order valence-electron chi connectivity index (χ4n) is 4.23. The van der Waals surface area contributed by atoms with Crippen LogP contribution in [0, 0.1) is 13.8 Å². The number of sulfonamides is 1. The van der Waals surface area contributed by atoms with Crippen LogP contribution in [0.2, 0.25) is 0 Å². The lowest BCUT2D eigenvalue weighted by atomic mass is 10.1. The number of benzene rings is 4. The van der Waals surface area contributed by atoms with Gasteiger partial charge in [0.1, 0.15) is 5.75 Å². The van der Waals surface area contributed by atoms with Gasteiger partial charge in [-0.05, 0) is 55.8 Å². The number of aryl methyl sites for hydroxylation is 2. The van der Waals surface area contributed by atoms with E-state index in [4.69, 9.17) is 9.15 Å². The molecule has 0 N–H and O–H groups in total. The fourth-order valence-corrected chi connectivity index (χ4v) is 6.59. The first-order chi connectivity index (χ1) is 17.2. The van der Waals surface area contributed by atoms with E-state index < -0.39 is 20.9 Å². The van der Waals surface area contributed by atoms with Crippen molar-refractivity contribution in [3.8, 4) is 5.75 Å². The van der Waals surface area contributed by atoms with Gasteiger partial charge in [-0.25, -0.2) is 13.2 Å². The van der Waals surface area contributed by atoms with Gasteiger partial charge in [0.05, 0.1) is 22.4 Å². The quantitative estimate of drug-likeness (QED) is 0.297. The van der Waals surface area contributed by atoms with Crippen LogP contribution in [0.25, 0.3) is 21.1 Å². The lowest BCUT2D eigenvalue weighted by molar-refractivity contribution is 0.101. The van der Waals surface area contributed by atoms with Gasteiger partial charge in [-0.2, -0.15) is 4.31 Å². The van der Waals surface area contributed by atoms with Gasteiger partial charge in [0.2, 0.25) is 0 Å². The molecule has 5 rings (SSSR count). The molecule has 0 bridgehead atoms. The second kappa shape index (κ2) is 8.92. The molecule has 7 nitrogen and oxygen atoms in total. The van der Waals surface area contributed by atoms with E-state index in [9.17, 15) is 18.0 Å². The number of hydrogen-bond acceptors (Lipinski definition) is 7. The highest BCUT2D eigenvalue weighted by Crippen LogP contribution is 2.39. The normalized spacial score (nSPS) is 11.6. The molecule has 1 aromatic heterocycles. The van der Waals surface area contributed by atoms with Crippen LogP contribution in [0.1, 0.15) is 21.5 Å². The van der Waals surface area contributed by atoms with Gasteiger partial charge in [-0.15, -0.1) is 0 Å². The van der Waals surface area contributed by atoms with Gasteiger partial charge in [0.15, 0.2) is 5.58 Å². The summed E-state index contributed by atoms with van der Waals surface area (Å²) >= 11 is 0.851. The molecule has 4 aromatic carbocycles. The predicted molar refractivity (Wildman–Crippen MR) is 141 cm³/mol. The third-order valence-corrected chi connectivity index (χ3v) is 8.54. The molecule has 0 saturated heterocycles. The largest absolute Gasteiger partial charge is 0.497 e. The van der Waals surface area contributed by atoms with Crippen LogP contribution in [0.4, 0.5) is 5.69 Å². The van der Waals surface area contributed by atoms with Crippen LogP contribution < -0.4 is 14.0 Å². The van der Waals surface area contributed by atoms with E-state index in [-0.39, 0.29) is 16.1 Å². The summed E-state index contributed by atoms with van der Waals surface area (Å²) in [6.07, 6.45) is 0. The van der Waals surface area contributed by atoms with Crippen LogP contribution in [-0.2, 0) is 10.0 Å². The molecule has 0 radical (unpaired) electrons. The van der Waals surface area contributed by atoms with Crippen LogP contribution in [0.5, 0.6) is 5.75 Å². The van der Waals surface area contributed by atoms with Gasteiger partial charge in [0, 0.05) is 16.3 Å². The Hall–Kier alpha value is -3.95. The van der Waals surface area contributed by atoms with Gasteiger partial charge in [-0.3, -0.25) is 4.79 Å². The standard InChI is InChI=1S/C27H21NO6S2/c1-16-8-13-24(17(2)14-16)36(31,32)28(26(29)18-9-11-19(33-3)12-10-18)22-15-23-25(34-27(30)35-23)21-7-5-4-6-20(21)22/h4-15H,1-3H3. The maximum atomic E-state index is 14.2. The van der Waals surface area contributed by atoms with Crippen molar-refractivity contribution >= 4 is 54.0 Å². The molecule has 182 valence electrons. The number of hydrogen-bond donors (Lipinski definition) is 0. The zero-order valence-electron chi connectivity index (χ0n) is 19.6. The first-order valence-corrected chi connectivity index (χ1v) is 13.2. The topological polar surface area (TPSA) is 93.9 Å². The van der Waals surface area contributed by atoms with Crippen molar-refractivity contribution < 1.29 is 22.4 Å².